The summed E-state index contributed by atoms with van der Waals surface area (Å²) >= 11 is 0. The topological polar surface area (TPSA) is 75.3 Å². The smallest absolute Gasteiger partial charge is 0.349 e. The molecule has 0 unspecified atom stereocenters. The molecular weight excluding hydrogens is 478 g/mol. The van der Waals surface area contributed by atoms with Crippen LogP contribution in [0.2, 0.25) is 0 Å². The van der Waals surface area contributed by atoms with Crippen LogP contribution >= 0.6 is 0 Å². The average molecular weight is 514 g/mol. The van der Waals surface area contributed by atoms with Gasteiger partial charge in [-0.15, -0.1) is 0 Å². The van der Waals surface area contributed by atoms with Crippen molar-refractivity contribution in [3.8, 4) is 5.75 Å². The Hall–Kier alpha value is -4.13. The van der Waals surface area contributed by atoms with Gasteiger partial charge in [0.2, 0.25) is 0 Å². The molecule has 4 aromatic rings. The van der Waals surface area contributed by atoms with E-state index in [9.17, 15) is 9.59 Å². The van der Waals surface area contributed by atoms with E-state index in [-0.39, 0.29) is 5.69 Å². The summed E-state index contributed by atoms with van der Waals surface area (Å²) in [6.45, 7) is 6.34. The number of benzene rings is 3. The lowest BCUT2D eigenvalue weighted by atomic mass is 10.1. The molecule has 0 N–H and O–H groups in total. The second kappa shape index (κ2) is 11.9. The first-order valence-corrected chi connectivity index (χ1v) is 12.9. The van der Waals surface area contributed by atoms with Gasteiger partial charge in [-0.05, 0) is 62.4 Å². The van der Waals surface area contributed by atoms with Crippen LogP contribution in [0.15, 0.2) is 83.7 Å². The van der Waals surface area contributed by atoms with Crippen molar-refractivity contribution in [3.05, 3.63) is 117 Å². The van der Waals surface area contributed by atoms with Gasteiger partial charge < -0.3 is 9.47 Å². The number of aromatic nitrogens is 3. The van der Waals surface area contributed by atoms with Gasteiger partial charge in [0.1, 0.15) is 11.6 Å². The van der Waals surface area contributed by atoms with Gasteiger partial charge >= 0.3 is 11.7 Å². The summed E-state index contributed by atoms with van der Waals surface area (Å²) in [7, 11) is 1.35. The molecule has 7 heteroatoms. The molecule has 0 aliphatic carbocycles. The predicted molar refractivity (Wildman–Crippen MR) is 148 cm³/mol. The first-order chi connectivity index (χ1) is 18.2. The van der Waals surface area contributed by atoms with Gasteiger partial charge in [-0.3, -0.25) is 4.57 Å². The minimum Gasteiger partial charge on any atom is -0.476 e. The van der Waals surface area contributed by atoms with Gasteiger partial charge in [0.05, 0.1) is 20.2 Å². The second-order valence-corrected chi connectivity index (χ2v) is 10.0. The minimum atomic E-state index is -1.06. The van der Waals surface area contributed by atoms with E-state index in [2.05, 4.69) is 12.1 Å². The van der Waals surface area contributed by atoms with Gasteiger partial charge in [0.15, 0.2) is 5.60 Å². The van der Waals surface area contributed by atoms with Crippen LogP contribution in [0, 0.1) is 6.92 Å². The summed E-state index contributed by atoms with van der Waals surface area (Å²) in [5.41, 5.74) is 3.28. The molecule has 1 heterocycles. The highest BCUT2D eigenvalue weighted by molar-refractivity contribution is 5.78. The van der Waals surface area contributed by atoms with Gasteiger partial charge in [-0.25, -0.2) is 14.3 Å². The third kappa shape index (κ3) is 6.79. The Labute approximate surface area is 223 Å². The number of hydrogen-bond acceptors (Lipinski definition) is 5. The number of rotatable bonds is 11. The Morgan fingerprint density at radius 3 is 2.13 bits per heavy atom. The third-order valence-electron chi connectivity index (χ3n) is 6.48. The zero-order valence-corrected chi connectivity index (χ0v) is 22.5. The van der Waals surface area contributed by atoms with Crippen LogP contribution in [0.25, 0.3) is 0 Å². The summed E-state index contributed by atoms with van der Waals surface area (Å²) in [5.74, 6) is 0.964. The fourth-order valence-corrected chi connectivity index (χ4v) is 4.32. The molecular formula is C31H35N3O4. The first-order valence-electron chi connectivity index (χ1n) is 12.9. The Kier molecular flexibility index (Phi) is 8.46. The zero-order valence-electron chi connectivity index (χ0n) is 22.5. The predicted octanol–water partition coefficient (Wildman–Crippen LogP) is 4.96. The number of methoxy groups -OCH3 is 1. The molecule has 0 fully saturated rings. The molecule has 0 atom stereocenters. The van der Waals surface area contributed by atoms with Gasteiger partial charge in [0, 0.05) is 6.42 Å². The molecule has 3 aromatic carbocycles. The number of nitrogens with zero attached hydrogens (tertiary/aromatic N) is 3. The van der Waals surface area contributed by atoms with Crippen LogP contribution in [0.4, 0.5) is 0 Å². The van der Waals surface area contributed by atoms with Crippen molar-refractivity contribution in [2.24, 2.45) is 0 Å². The van der Waals surface area contributed by atoms with E-state index < -0.39 is 11.6 Å². The normalized spacial score (nSPS) is 11.4. The average Bonchev–Trinajstić information content (AvgIpc) is 3.20. The van der Waals surface area contributed by atoms with Crippen LogP contribution in [-0.2, 0) is 35.5 Å². The van der Waals surface area contributed by atoms with E-state index in [1.54, 1.807) is 23.1 Å². The summed E-state index contributed by atoms with van der Waals surface area (Å²) in [6, 6.07) is 25.9. The molecule has 4 rings (SSSR count). The highest BCUT2D eigenvalue weighted by atomic mass is 16.6. The molecule has 0 radical (unpaired) electrons. The van der Waals surface area contributed by atoms with E-state index in [1.165, 1.54) is 12.7 Å². The molecule has 7 nitrogen and oxygen atoms in total. The van der Waals surface area contributed by atoms with Gasteiger partial charge in [0.25, 0.3) is 0 Å². The second-order valence-electron chi connectivity index (χ2n) is 10.0. The molecule has 38 heavy (non-hydrogen) atoms. The maximum atomic E-state index is 13.3. The van der Waals surface area contributed by atoms with Crippen molar-refractivity contribution < 1.29 is 14.3 Å². The SMILES string of the molecule is COC(=O)C(C)(C)Oc1ccc(CCCc2nn(Cc3ccc(C)cc3)c(=O)n2Cc2ccccc2)cc1. The molecule has 198 valence electrons. The quantitative estimate of drug-likeness (QED) is 0.265. The van der Waals surface area contributed by atoms with Crippen LogP contribution in [0.5, 0.6) is 5.75 Å². The first kappa shape index (κ1) is 26.9. The van der Waals surface area contributed by atoms with Gasteiger partial charge in [-0.1, -0.05) is 72.3 Å². The fraction of sp³-hybridized carbons (Fsp3) is 0.323. The molecule has 0 aliphatic rings. The lowest BCUT2D eigenvalue weighted by Crippen LogP contribution is -2.39. The minimum absolute atomic E-state index is 0.0980. The van der Waals surface area contributed by atoms with E-state index in [1.807, 2.05) is 73.7 Å². The number of hydrogen-bond donors (Lipinski definition) is 0. The van der Waals surface area contributed by atoms with Crippen molar-refractivity contribution in [1.29, 1.82) is 0 Å². The maximum absolute atomic E-state index is 13.3. The van der Waals surface area contributed by atoms with E-state index in [0.29, 0.717) is 25.3 Å². The van der Waals surface area contributed by atoms with Crippen molar-refractivity contribution in [3.63, 3.8) is 0 Å². The highest BCUT2D eigenvalue weighted by Gasteiger charge is 2.31. The van der Waals surface area contributed by atoms with Crippen LogP contribution in [-0.4, -0.2) is 33.0 Å². The van der Waals surface area contributed by atoms with Gasteiger partial charge in [-0.2, -0.15) is 5.10 Å². The molecule has 0 amide bonds. The molecule has 0 spiro atoms. The van der Waals surface area contributed by atoms with Crippen molar-refractivity contribution >= 4 is 5.97 Å². The maximum Gasteiger partial charge on any atom is 0.349 e. The number of ether oxygens (including phenoxy) is 2. The van der Waals surface area contributed by atoms with Crippen molar-refractivity contribution in [1.82, 2.24) is 14.3 Å². The standard InChI is InChI=1S/C31H35N3O4/c1-23-13-15-26(16-14-23)22-34-30(36)33(21-25-9-6-5-7-10-25)28(32-34)12-8-11-24-17-19-27(20-18-24)38-31(2,3)29(35)37-4/h5-7,9-10,13-20H,8,11-12,21-22H2,1-4H3. The number of carbonyl (C=O) groups excluding carboxylic acids is 1. The number of esters is 1. The lowest BCUT2D eigenvalue weighted by Gasteiger charge is -2.23. The number of carbonyl (C=O) groups is 1. The van der Waals surface area contributed by atoms with Crippen LogP contribution in [0.1, 0.15) is 48.3 Å². The molecule has 0 bridgehead atoms. The Morgan fingerprint density at radius 1 is 0.842 bits per heavy atom. The number of aryl methyl sites for hydroxylation is 3. The molecule has 0 saturated carbocycles. The van der Waals surface area contributed by atoms with E-state index in [0.717, 1.165) is 35.4 Å². The van der Waals surface area contributed by atoms with E-state index in [4.69, 9.17) is 14.6 Å². The molecule has 0 aliphatic heterocycles. The fourth-order valence-electron chi connectivity index (χ4n) is 4.32. The molecule has 0 saturated heterocycles. The Balaban J connectivity index is 1.46. The van der Waals surface area contributed by atoms with Crippen LogP contribution in [0.3, 0.4) is 0 Å². The summed E-state index contributed by atoms with van der Waals surface area (Å²) in [4.78, 5) is 25.2. The summed E-state index contributed by atoms with van der Waals surface area (Å²) < 4.78 is 14.0. The largest absolute Gasteiger partial charge is 0.476 e. The summed E-state index contributed by atoms with van der Waals surface area (Å²) in [5, 5.41) is 4.74. The van der Waals surface area contributed by atoms with Crippen molar-refractivity contribution in [2.45, 2.75) is 58.7 Å². The lowest BCUT2D eigenvalue weighted by molar-refractivity contribution is -0.156. The Bertz CT molecular complexity index is 1400. The zero-order chi connectivity index (χ0) is 27.1. The monoisotopic (exact) mass is 513 g/mol. The van der Waals surface area contributed by atoms with Crippen molar-refractivity contribution in [2.75, 3.05) is 7.11 Å². The molecule has 1 aromatic heterocycles. The Morgan fingerprint density at radius 2 is 1.47 bits per heavy atom. The van der Waals surface area contributed by atoms with E-state index >= 15 is 0 Å². The summed E-state index contributed by atoms with van der Waals surface area (Å²) in [6.07, 6.45) is 2.34. The third-order valence-corrected chi connectivity index (χ3v) is 6.48. The highest BCUT2D eigenvalue weighted by Crippen LogP contribution is 2.21. The van der Waals surface area contributed by atoms with Crippen LogP contribution < -0.4 is 10.4 Å².